The first-order chi connectivity index (χ1) is 18.7. The van der Waals surface area contributed by atoms with Crippen molar-refractivity contribution < 1.29 is 27.1 Å². The lowest BCUT2D eigenvalue weighted by molar-refractivity contribution is -0.136. The van der Waals surface area contributed by atoms with Crippen LogP contribution in [0, 0.1) is 5.82 Å². The second-order valence-corrected chi connectivity index (χ2v) is 9.67. The number of benzene rings is 3. The Morgan fingerprint density at radius 3 is 2.56 bits per heavy atom. The summed E-state index contributed by atoms with van der Waals surface area (Å²) in [5.74, 6) is 0.0257. The van der Waals surface area contributed by atoms with Gasteiger partial charge in [-0.25, -0.2) is 9.37 Å². The smallest absolute Gasteiger partial charge is 0.420 e. The maximum absolute atomic E-state index is 14.2. The molecule has 2 aromatic heterocycles. The van der Waals surface area contributed by atoms with Gasteiger partial charge in [0.05, 0.1) is 12.1 Å². The number of oxazole rings is 1. The number of aliphatic hydroxyl groups excluding tert-OH is 1. The Labute approximate surface area is 220 Å². The Morgan fingerprint density at radius 1 is 1.03 bits per heavy atom. The van der Waals surface area contributed by atoms with Crippen LogP contribution in [-0.4, -0.2) is 37.0 Å². The second kappa shape index (κ2) is 9.49. The Hall–Kier alpha value is -4.25. The first kappa shape index (κ1) is 25.1. The molecule has 2 N–H and O–H groups in total. The number of nitrogens with one attached hydrogen (secondary N) is 1. The number of rotatable bonds is 5. The highest BCUT2D eigenvalue weighted by molar-refractivity contribution is 5.86. The summed E-state index contributed by atoms with van der Waals surface area (Å²) in [4.78, 5) is 4.39. The molecule has 11 heteroatoms. The summed E-state index contributed by atoms with van der Waals surface area (Å²) < 4.78 is 63.6. The fourth-order valence-corrected chi connectivity index (χ4v) is 5.07. The minimum absolute atomic E-state index is 0.0118. The molecule has 5 aromatic rings. The van der Waals surface area contributed by atoms with Gasteiger partial charge in [-0.2, -0.15) is 13.2 Å². The molecule has 1 saturated carbocycles. The van der Waals surface area contributed by atoms with E-state index in [-0.39, 0.29) is 28.7 Å². The van der Waals surface area contributed by atoms with Crippen LogP contribution in [0.3, 0.4) is 0 Å². The van der Waals surface area contributed by atoms with Gasteiger partial charge in [0.2, 0.25) is 5.89 Å². The molecule has 2 heterocycles. The van der Waals surface area contributed by atoms with Gasteiger partial charge in [-0.3, -0.25) is 0 Å². The summed E-state index contributed by atoms with van der Waals surface area (Å²) >= 11 is 0. The number of anilines is 1. The van der Waals surface area contributed by atoms with Gasteiger partial charge in [-0.05, 0) is 66.8 Å². The average Bonchev–Trinajstić information content (AvgIpc) is 3.63. The summed E-state index contributed by atoms with van der Waals surface area (Å²) in [6.45, 7) is 0. The molecule has 2 atom stereocenters. The highest BCUT2D eigenvalue weighted by Gasteiger charge is 2.36. The van der Waals surface area contributed by atoms with Crippen molar-refractivity contribution in [2.24, 2.45) is 7.05 Å². The van der Waals surface area contributed by atoms with Crippen LogP contribution < -0.4 is 5.32 Å². The standard InChI is InChI=1S/C28H23F4N5O2/c1-37-14-33-36-26(37)20-11-17(29)8-9-19(20)15-4-2-5-16(10-15)27-35-23-13-18(34-22-6-3-7-24(22)38)12-21(25(23)39-27)28(30,31)32/h2,4-5,8-14,22,24,34,38H,3,6-7H2,1H3/t22-,24+/m1/s1. The van der Waals surface area contributed by atoms with Crippen LogP contribution in [0.4, 0.5) is 23.2 Å². The van der Waals surface area contributed by atoms with Crippen LogP contribution in [0.2, 0.25) is 0 Å². The van der Waals surface area contributed by atoms with Gasteiger partial charge in [0.25, 0.3) is 0 Å². The van der Waals surface area contributed by atoms with Crippen LogP contribution in [0.1, 0.15) is 24.8 Å². The van der Waals surface area contributed by atoms with E-state index >= 15 is 0 Å². The summed E-state index contributed by atoms with van der Waals surface area (Å²) in [6.07, 6.45) is -1.73. The highest BCUT2D eigenvalue weighted by atomic mass is 19.4. The van der Waals surface area contributed by atoms with Gasteiger partial charge < -0.3 is 19.4 Å². The van der Waals surface area contributed by atoms with E-state index in [2.05, 4.69) is 20.5 Å². The molecule has 0 radical (unpaired) electrons. The lowest BCUT2D eigenvalue weighted by Crippen LogP contribution is -2.28. The zero-order valence-corrected chi connectivity index (χ0v) is 20.7. The van der Waals surface area contributed by atoms with Crippen molar-refractivity contribution in [2.75, 3.05) is 5.32 Å². The zero-order valence-electron chi connectivity index (χ0n) is 20.7. The number of fused-ring (bicyclic) bond motifs is 1. The van der Waals surface area contributed by atoms with Crippen LogP contribution in [0.25, 0.3) is 45.1 Å². The van der Waals surface area contributed by atoms with Crippen LogP contribution in [0.5, 0.6) is 0 Å². The Bertz CT molecular complexity index is 1680. The maximum atomic E-state index is 14.2. The molecule has 0 saturated heterocycles. The fourth-order valence-electron chi connectivity index (χ4n) is 5.07. The third-order valence-electron chi connectivity index (χ3n) is 6.98. The molecule has 39 heavy (non-hydrogen) atoms. The molecule has 7 nitrogen and oxygen atoms in total. The number of hydrogen-bond donors (Lipinski definition) is 2. The summed E-state index contributed by atoms with van der Waals surface area (Å²) in [6, 6.07) is 13.4. The van der Waals surface area contributed by atoms with Crippen molar-refractivity contribution >= 4 is 16.8 Å². The van der Waals surface area contributed by atoms with E-state index < -0.39 is 23.7 Å². The van der Waals surface area contributed by atoms with E-state index in [1.54, 1.807) is 41.9 Å². The Kier molecular flexibility index (Phi) is 6.10. The summed E-state index contributed by atoms with van der Waals surface area (Å²) in [5, 5.41) is 21.1. The number of nitrogens with zero attached hydrogens (tertiary/aromatic N) is 4. The van der Waals surface area contributed by atoms with E-state index in [1.165, 1.54) is 24.5 Å². The molecule has 0 bridgehead atoms. The number of aliphatic hydroxyl groups is 1. The molecule has 200 valence electrons. The SMILES string of the molecule is Cn1cnnc1-c1cc(F)ccc1-c1cccc(-c2nc3cc(N[C@@H]4CCC[C@@H]4O)cc(C(F)(F)F)c3o2)c1. The van der Waals surface area contributed by atoms with Crippen molar-refractivity contribution in [1.29, 1.82) is 0 Å². The topological polar surface area (TPSA) is 89.0 Å². The van der Waals surface area contributed by atoms with Gasteiger partial charge in [-0.15, -0.1) is 10.2 Å². The monoisotopic (exact) mass is 537 g/mol. The number of hydrogen-bond acceptors (Lipinski definition) is 6. The molecule has 6 rings (SSSR count). The zero-order chi connectivity index (χ0) is 27.3. The van der Waals surface area contributed by atoms with Crippen LogP contribution >= 0.6 is 0 Å². The van der Waals surface area contributed by atoms with Crippen molar-refractivity contribution in [2.45, 2.75) is 37.6 Å². The quantitative estimate of drug-likeness (QED) is 0.251. The predicted molar refractivity (Wildman–Crippen MR) is 137 cm³/mol. The minimum atomic E-state index is -4.68. The fraction of sp³-hybridized carbons (Fsp3) is 0.250. The molecular weight excluding hydrogens is 514 g/mol. The third kappa shape index (κ3) is 4.74. The first-order valence-corrected chi connectivity index (χ1v) is 12.4. The lowest BCUT2D eigenvalue weighted by Gasteiger charge is -2.18. The van der Waals surface area contributed by atoms with Crippen LogP contribution in [-0.2, 0) is 13.2 Å². The van der Waals surface area contributed by atoms with Gasteiger partial charge in [0.1, 0.15) is 23.2 Å². The first-order valence-electron chi connectivity index (χ1n) is 12.4. The molecule has 0 aliphatic heterocycles. The molecule has 0 spiro atoms. The van der Waals surface area contributed by atoms with Gasteiger partial charge >= 0.3 is 6.18 Å². The predicted octanol–water partition coefficient (Wildman–Crippen LogP) is 6.44. The number of alkyl halides is 3. The van der Waals surface area contributed by atoms with Crippen molar-refractivity contribution in [1.82, 2.24) is 19.7 Å². The minimum Gasteiger partial charge on any atom is -0.435 e. The van der Waals surface area contributed by atoms with Crippen molar-refractivity contribution in [3.63, 3.8) is 0 Å². The van der Waals surface area contributed by atoms with E-state index in [0.29, 0.717) is 40.9 Å². The van der Waals surface area contributed by atoms with Gasteiger partial charge in [0.15, 0.2) is 11.4 Å². The summed E-state index contributed by atoms with van der Waals surface area (Å²) in [7, 11) is 1.74. The molecule has 0 unspecified atom stereocenters. The molecule has 1 fully saturated rings. The lowest BCUT2D eigenvalue weighted by atomic mass is 9.97. The number of aromatic nitrogens is 4. The average molecular weight is 538 g/mol. The number of aryl methyl sites for hydroxylation is 1. The maximum Gasteiger partial charge on any atom is 0.420 e. The van der Waals surface area contributed by atoms with E-state index in [4.69, 9.17) is 4.42 Å². The van der Waals surface area contributed by atoms with Crippen LogP contribution in [0.15, 0.2) is 65.3 Å². The largest absolute Gasteiger partial charge is 0.435 e. The highest BCUT2D eigenvalue weighted by Crippen LogP contribution is 2.40. The van der Waals surface area contributed by atoms with E-state index in [0.717, 1.165) is 12.5 Å². The number of halogens is 4. The molecule has 0 amide bonds. The third-order valence-corrected chi connectivity index (χ3v) is 6.98. The molecular formula is C28H23F4N5O2. The van der Waals surface area contributed by atoms with E-state index in [9.17, 15) is 22.7 Å². The van der Waals surface area contributed by atoms with Crippen molar-refractivity contribution in [3.8, 4) is 34.0 Å². The molecule has 1 aliphatic rings. The van der Waals surface area contributed by atoms with Gasteiger partial charge in [0, 0.05) is 23.9 Å². The van der Waals surface area contributed by atoms with E-state index in [1.807, 2.05) is 0 Å². The second-order valence-electron chi connectivity index (χ2n) is 9.67. The summed E-state index contributed by atoms with van der Waals surface area (Å²) in [5.41, 5.74) is 1.22. The normalized spacial score (nSPS) is 17.7. The van der Waals surface area contributed by atoms with Gasteiger partial charge in [-0.1, -0.05) is 18.2 Å². The molecule has 3 aromatic carbocycles. The van der Waals surface area contributed by atoms with Crippen molar-refractivity contribution in [3.05, 3.63) is 72.3 Å². The Morgan fingerprint density at radius 2 is 1.85 bits per heavy atom. The Balaban J connectivity index is 1.43. The molecule has 1 aliphatic carbocycles.